The van der Waals surface area contributed by atoms with Crippen molar-refractivity contribution in [2.45, 2.75) is 39.5 Å². The Hall–Kier alpha value is -3.28. The summed E-state index contributed by atoms with van der Waals surface area (Å²) in [6.45, 7) is 3.68. The number of nitrogens with zero attached hydrogens (tertiary/aromatic N) is 2. The number of anilines is 1. The summed E-state index contributed by atoms with van der Waals surface area (Å²) in [6, 6.07) is 14.1. The molecule has 2 atom stereocenters. The minimum Gasteiger partial charge on any atom is -0.313 e. The van der Waals surface area contributed by atoms with Gasteiger partial charge < -0.3 is 4.84 Å². The van der Waals surface area contributed by atoms with Gasteiger partial charge in [0.05, 0.1) is 28.8 Å². The molecule has 154 valence electrons. The number of imide groups is 1. The molecule has 2 aromatic rings. The second kappa shape index (κ2) is 8.22. The van der Waals surface area contributed by atoms with E-state index in [0.717, 1.165) is 36.8 Å². The molecule has 2 aliphatic rings. The third kappa shape index (κ3) is 3.77. The fraction of sp³-hybridized carbons (Fsp3) is 0.333. The van der Waals surface area contributed by atoms with Gasteiger partial charge in [-0.15, -0.1) is 0 Å². The number of hydrogen-bond acceptors (Lipinski definition) is 5. The van der Waals surface area contributed by atoms with Crippen molar-refractivity contribution >= 4 is 29.2 Å². The van der Waals surface area contributed by atoms with Gasteiger partial charge in [-0.05, 0) is 56.5 Å². The van der Waals surface area contributed by atoms with Gasteiger partial charge >= 0.3 is 5.97 Å². The van der Waals surface area contributed by atoms with Crippen LogP contribution in [-0.2, 0) is 14.4 Å². The normalized spacial score (nSPS) is 21.5. The van der Waals surface area contributed by atoms with Gasteiger partial charge in [-0.25, -0.2) is 4.79 Å². The fourth-order valence-electron chi connectivity index (χ4n) is 4.17. The molecular formula is C24H24N2O4. The Morgan fingerprint density at radius 1 is 0.900 bits per heavy atom. The van der Waals surface area contributed by atoms with Gasteiger partial charge in [0.1, 0.15) is 0 Å². The predicted molar refractivity (Wildman–Crippen MR) is 113 cm³/mol. The molecular weight excluding hydrogens is 380 g/mol. The molecule has 1 heterocycles. The van der Waals surface area contributed by atoms with E-state index in [1.165, 1.54) is 4.90 Å². The predicted octanol–water partition coefficient (Wildman–Crippen LogP) is 4.26. The van der Waals surface area contributed by atoms with Crippen molar-refractivity contribution in [3.63, 3.8) is 0 Å². The van der Waals surface area contributed by atoms with Crippen LogP contribution in [0.5, 0.6) is 0 Å². The SMILES string of the molecule is C/C(=N\OC(=O)c1ccc(C)cc1)c1ccc(N2C(=O)[C@H]3CCCC[C@H]3C2=O)cc1. The first kappa shape index (κ1) is 20.0. The van der Waals surface area contributed by atoms with E-state index in [0.29, 0.717) is 17.0 Å². The topological polar surface area (TPSA) is 76.0 Å². The van der Waals surface area contributed by atoms with E-state index in [-0.39, 0.29) is 23.7 Å². The lowest BCUT2D eigenvalue weighted by atomic mass is 9.81. The number of amides is 2. The third-order valence-electron chi connectivity index (χ3n) is 5.94. The molecule has 2 amide bonds. The number of carbonyl (C=O) groups is 3. The largest absolute Gasteiger partial charge is 0.365 e. The van der Waals surface area contributed by atoms with E-state index < -0.39 is 5.97 Å². The molecule has 1 aliphatic heterocycles. The van der Waals surface area contributed by atoms with Crippen LogP contribution < -0.4 is 4.90 Å². The lowest BCUT2D eigenvalue weighted by Crippen LogP contribution is -2.30. The molecule has 2 aromatic carbocycles. The van der Waals surface area contributed by atoms with Crippen LogP contribution in [0.4, 0.5) is 5.69 Å². The van der Waals surface area contributed by atoms with Crippen LogP contribution in [0.3, 0.4) is 0 Å². The summed E-state index contributed by atoms with van der Waals surface area (Å²) in [5.74, 6) is -1.04. The molecule has 6 heteroatoms. The smallest absolute Gasteiger partial charge is 0.313 e. The minimum atomic E-state index is -0.526. The Kier molecular flexibility index (Phi) is 5.48. The standard InChI is InChI=1S/C24H24N2O4/c1-15-7-9-18(10-8-15)24(29)30-25-16(2)17-11-13-19(14-12-17)26-22(27)20-5-3-4-6-21(20)23(26)28/h7-14,20-21H,3-6H2,1-2H3/b25-16+/t20-,21+. The maximum atomic E-state index is 12.7. The maximum Gasteiger partial charge on any atom is 0.365 e. The zero-order valence-electron chi connectivity index (χ0n) is 17.1. The van der Waals surface area contributed by atoms with Crippen LogP contribution in [0.15, 0.2) is 53.7 Å². The van der Waals surface area contributed by atoms with Crippen molar-refractivity contribution in [3.8, 4) is 0 Å². The van der Waals surface area contributed by atoms with E-state index in [1.54, 1.807) is 43.3 Å². The van der Waals surface area contributed by atoms with E-state index in [9.17, 15) is 14.4 Å². The number of oxime groups is 1. The highest BCUT2D eigenvalue weighted by atomic mass is 16.7. The molecule has 1 aliphatic carbocycles. The van der Waals surface area contributed by atoms with Crippen LogP contribution in [-0.4, -0.2) is 23.5 Å². The quantitative estimate of drug-likeness (QED) is 0.330. The second-order valence-electron chi connectivity index (χ2n) is 7.98. The Bertz CT molecular complexity index is 985. The van der Waals surface area contributed by atoms with Gasteiger partial charge in [-0.2, -0.15) is 0 Å². The van der Waals surface area contributed by atoms with Gasteiger partial charge in [-0.3, -0.25) is 14.5 Å². The number of carbonyl (C=O) groups excluding carboxylic acids is 3. The maximum absolute atomic E-state index is 12.7. The van der Waals surface area contributed by atoms with E-state index >= 15 is 0 Å². The molecule has 0 radical (unpaired) electrons. The van der Waals surface area contributed by atoms with Crippen molar-refractivity contribution in [3.05, 3.63) is 65.2 Å². The van der Waals surface area contributed by atoms with Crippen LogP contribution in [0.25, 0.3) is 0 Å². The Balaban J connectivity index is 1.46. The van der Waals surface area contributed by atoms with Gasteiger partial charge in [0.15, 0.2) is 0 Å². The molecule has 0 bridgehead atoms. The first-order valence-corrected chi connectivity index (χ1v) is 10.3. The van der Waals surface area contributed by atoms with E-state index in [2.05, 4.69) is 5.16 Å². The van der Waals surface area contributed by atoms with Crippen molar-refractivity contribution in [1.29, 1.82) is 0 Å². The van der Waals surface area contributed by atoms with Crippen molar-refractivity contribution in [1.82, 2.24) is 0 Å². The first-order valence-electron chi connectivity index (χ1n) is 10.3. The van der Waals surface area contributed by atoms with Crippen molar-refractivity contribution < 1.29 is 19.2 Å². The number of rotatable bonds is 4. The van der Waals surface area contributed by atoms with Crippen LogP contribution in [0, 0.1) is 18.8 Å². The highest BCUT2D eigenvalue weighted by Gasteiger charge is 2.48. The highest BCUT2D eigenvalue weighted by Crippen LogP contribution is 2.40. The van der Waals surface area contributed by atoms with E-state index in [1.807, 2.05) is 19.1 Å². The Morgan fingerprint density at radius 2 is 1.43 bits per heavy atom. The molecule has 0 spiro atoms. The van der Waals surface area contributed by atoms with E-state index in [4.69, 9.17) is 4.84 Å². The number of hydrogen-bond donors (Lipinski definition) is 0. The molecule has 6 nitrogen and oxygen atoms in total. The van der Waals surface area contributed by atoms with Gasteiger partial charge in [0.2, 0.25) is 11.8 Å². The fourth-order valence-corrected chi connectivity index (χ4v) is 4.17. The summed E-state index contributed by atoms with van der Waals surface area (Å²) in [4.78, 5) is 43.9. The average Bonchev–Trinajstić information content (AvgIpc) is 3.03. The number of benzene rings is 2. The van der Waals surface area contributed by atoms with Crippen molar-refractivity contribution in [2.75, 3.05) is 4.90 Å². The van der Waals surface area contributed by atoms with Crippen molar-refractivity contribution in [2.24, 2.45) is 17.0 Å². The molecule has 1 saturated heterocycles. The Morgan fingerprint density at radius 3 is 2.00 bits per heavy atom. The van der Waals surface area contributed by atoms with Crippen LogP contribution in [0.2, 0.25) is 0 Å². The van der Waals surface area contributed by atoms with Gasteiger partial charge in [0.25, 0.3) is 0 Å². The molecule has 30 heavy (non-hydrogen) atoms. The molecule has 0 unspecified atom stereocenters. The molecule has 0 aromatic heterocycles. The monoisotopic (exact) mass is 404 g/mol. The molecule has 1 saturated carbocycles. The zero-order valence-corrected chi connectivity index (χ0v) is 17.1. The molecule has 2 fully saturated rings. The molecule has 4 rings (SSSR count). The summed E-state index contributed by atoms with van der Waals surface area (Å²) >= 11 is 0. The summed E-state index contributed by atoms with van der Waals surface area (Å²) in [5.41, 5.74) is 3.33. The summed E-state index contributed by atoms with van der Waals surface area (Å²) in [6.07, 6.45) is 3.59. The van der Waals surface area contributed by atoms with Gasteiger partial charge in [0, 0.05) is 0 Å². The summed E-state index contributed by atoms with van der Waals surface area (Å²) in [7, 11) is 0. The summed E-state index contributed by atoms with van der Waals surface area (Å²) in [5, 5.41) is 3.93. The zero-order chi connectivity index (χ0) is 21.3. The minimum absolute atomic E-state index is 0.0881. The summed E-state index contributed by atoms with van der Waals surface area (Å²) < 4.78 is 0. The van der Waals surface area contributed by atoms with Crippen LogP contribution in [0.1, 0.15) is 54.1 Å². The highest BCUT2D eigenvalue weighted by molar-refractivity contribution is 6.22. The average molecular weight is 404 g/mol. The lowest BCUT2D eigenvalue weighted by Gasteiger charge is -2.19. The second-order valence-corrected chi connectivity index (χ2v) is 7.98. The first-order chi connectivity index (χ1) is 14.5. The Labute approximate surface area is 175 Å². The number of fused-ring (bicyclic) bond motifs is 1. The lowest BCUT2D eigenvalue weighted by molar-refractivity contribution is -0.122. The van der Waals surface area contributed by atoms with Gasteiger partial charge in [-0.1, -0.05) is 47.8 Å². The molecule has 0 N–H and O–H groups in total. The van der Waals surface area contributed by atoms with Crippen LogP contribution >= 0.6 is 0 Å². The number of aryl methyl sites for hydroxylation is 1. The third-order valence-corrected chi connectivity index (χ3v) is 5.94.